The van der Waals surface area contributed by atoms with E-state index in [1.54, 1.807) is 0 Å². The van der Waals surface area contributed by atoms with Crippen molar-refractivity contribution in [3.63, 3.8) is 0 Å². The summed E-state index contributed by atoms with van der Waals surface area (Å²) in [6.45, 7) is 0. The number of carbonyl (C=O) groups is 1. The maximum absolute atomic E-state index is 10.6. The van der Waals surface area contributed by atoms with Crippen molar-refractivity contribution in [2.45, 2.75) is 0 Å². The van der Waals surface area contributed by atoms with E-state index in [4.69, 9.17) is 15.3 Å². The van der Waals surface area contributed by atoms with Gasteiger partial charge in [-0.05, 0) is 23.8 Å². The molecule has 0 aliphatic rings. The van der Waals surface area contributed by atoms with E-state index in [0.29, 0.717) is 5.56 Å². The number of rotatable bonds is 3. The van der Waals surface area contributed by atoms with Crippen LogP contribution in [0.25, 0.3) is 6.08 Å². The molecule has 5 heteroatoms. The third kappa shape index (κ3) is 2.63. The van der Waals surface area contributed by atoms with Gasteiger partial charge in [0.15, 0.2) is 11.5 Å². The largest absolute Gasteiger partial charge is 0.504 e. The average Bonchev–Trinajstić information content (AvgIpc) is 2.19. The molecule has 0 bridgehead atoms. The first kappa shape index (κ1) is 10.9. The van der Waals surface area contributed by atoms with Gasteiger partial charge >= 0.3 is 5.97 Å². The highest BCUT2D eigenvalue weighted by Gasteiger charge is 2.07. The van der Waals surface area contributed by atoms with Crippen LogP contribution in [0.2, 0.25) is 0 Å². The molecule has 15 heavy (non-hydrogen) atoms. The van der Waals surface area contributed by atoms with Gasteiger partial charge in [-0.15, -0.1) is 0 Å². The molecule has 0 saturated heterocycles. The maximum Gasteiger partial charge on any atom is 0.371 e. The van der Waals surface area contributed by atoms with E-state index >= 15 is 0 Å². The number of benzene rings is 1. The number of carboxylic acid groups (broad SMARTS) is 1. The summed E-state index contributed by atoms with van der Waals surface area (Å²) in [6, 6.07) is 3.95. The Labute approximate surface area is 85.9 Å². The molecule has 3 N–H and O–H groups in total. The summed E-state index contributed by atoms with van der Waals surface area (Å²) in [5, 5.41) is 26.8. The molecule has 0 radical (unpaired) electrons. The highest BCUT2D eigenvalue weighted by atomic mass is 16.5. The minimum Gasteiger partial charge on any atom is -0.504 e. The van der Waals surface area contributed by atoms with Gasteiger partial charge in [0.1, 0.15) is 0 Å². The Morgan fingerprint density at radius 1 is 1.33 bits per heavy atom. The van der Waals surface area contributed by atoms with Gasteiger partial charge in [0.05, 0.1) is 7.11 Å². The Balaban J connectivity index is 3.07. The quantitative estimate of drug-likeness (QED) is 0.396. The SMILES string of the molecule is CO/C(=C/c1ccc(O)c(O)c1)C(=O)O. The molecule has 0 aliphatic heterocycles. The Hall–Kier alpha value is -2.17. The van der Waals surface area contributed by atoms with E-state index in [0.717, 1.165) is 0 Å². The summed E-state index contributed by atoms with van der Waals surface area (Å²) in [7, 11) is 1.24. The molecule has 1 rings (SSSR count). The van der Waals surface area contributed by atoms with Crippen molar-refractivity contribution in [1.29, 1.82) is 0 Å². The molecule has 0 heterocycles. The predicted molar refractivity (Wildman–Crippen MR) is 52.4 cm³/mol. The third-order valence-corrected chi connectivity index (χ3v) is 1.73. The summed E-state index contributed by atoms with van der Waals surface area (Å²) >= 11 is 0. The molecular weight excluding hydrogens is 200 g/mol. The molecule has 5 nitrogen and oxygen atoms in total. The molecule has 80 valence electrons. The van der Waals surface area contributed by atoms with Crippen LogP contribution in [0.5, 0.6) is 11.5 Å². The second-order valence-corrected chi connectivity index (χ2v) is 2.77. The topological polar surface area (TPSA) is 87.0 Å². The average molecular weight is 210 g/mol. The van der Waals surface area contributed by atoms with Crippen LogP contribution in [0.15, 0.2) is 24.0 Å². The lowest BCUT2D eigenvalue weighted by Crippen LogP contribution is -2.01. The first-order chi connectivity index (χ1) is 7.04. The fraction of sp³-hybridized carbons (Fsp3) is 0.100. The van der Waals surface area contributed by atoms with Crippen LogP contribution in [0.3, 0.4) is 0 Å². The summed E-state index contributed by atoms with van der Waals surface area (Å²) < 4.78 is 4.60. The number of aromatic hydroxyl groups is 2. The number of phenolic OH excluding ortho intramolecular Hbond substituents is 2. The molecule has 0 aromatic heterocycles. The number of carboxylic acids is 1. The van der Waals surface area contributed by atoms with Crippen LogP contribution in [0.1, 0.15) is 5.56 Å². The van der Waals surface area contributed by atoms with Gasteiger partial charge in [-0.3, -0.25) is 0 Å². The number of ether oxygens (including phenoxy) is 1. The van der Waals surface area contributed by atoms with Crippen LogP contribution in [0.4, 0.5) is 0 Å². The summed E-state index contributed by atoms with van der Waals surface area (Å²) in [5.41, 5.74) is 0.421. The van der Waals surface area contributed by atoms with Gasteiger partial charge in [-0.2, -0.15) is 0 Å². The van der Waals surface area contributed by atoms with E-state index < -0.39 is 5.97 Å². The van der Waals surface area contributed by atoms with Gasteiger partial charge in [0, 0.05) is 0 Å². The zero-order valence-electron chi connectivity index (χ0n) is 7.97. The predicted octanol–water partition coefficient (Wildman–Crippen LogP) is 1.17. The lowest BCUT2D eigenvalue weighted by molar-refractivity contribution is -0.135. The van der Waals surface area contributed by atoms with Crippen molar-refractivity contribution in [3.05, 3.63) is 29.5 Å². The van der Waals surface area contributed by atoms with Crippen LogP contribution < -0.4 is 0 Å². The van der Waals surface area contributed by atoms with Crippen molar-refractivity contribution in [2.24, 2.45) is 0 Å². The van der Waals surface area contributed by atoms with E-state index in [1.807, 2.05) is 0 Å². The molecule has 1 aromatic carbocycles. The minimum absolute atomic E-state index is 0.250. The maximum atomic E-state index is 10.6. The molecule has 0 atom stereocenters. The van der Waals surface area contributed by atoms with Gasteiger partial charge in [0.25, 0.3) is 0 Å². The second kappa shape index (κ2) is 4.36. The first-order valence-electron chi connectivity index (χ1n) is 4.05. The zero-order valence-corrected chi connectivity index (χ0v) is 7.97. The molecule has 0 saturated carbocycles. The molecule has 0 fully saturated rings. The summed E-state index contributed by atoms with van der Waals surface area (Å²) in [5.74, 6) is -2.03. The van der Waals surface area contributed by atoms with Gasteiger partial charge < -0.3 is 20.1 Å². The first-order valence-corrected chi connectivity index (χ1v) is 4.05. The lowest BCUT2D eigenvalue weighted by Gasteiger charge is -2.01. The Bertz CT molecular complexity index is 408. The van der Waals surface area contributed by atoms with Crippen molar-refractivity contribution >= 4 is 12.0 Å². The number of aliphatic carboxylic acids is 1. The van der Waals surface area contributed by atoms with Crippen molar-refractivity contribution in [3.8, 4) is 11.5 Å². The zero-order chi connectivity index (χ0) is 11.4. The molecular formula is C10H10O5. The summed E-state index contributed by atoms with van der Waals surface area (Å²) in [6.07, 6.45) is 1.24. The molecule has 0 aliphatic carbocycles. The molecule has 0 spiro atoms. The highest BCUT2D eigenvalue weighted by Crippen LogP contribution is 2.25. The number of phenols is 2. The van der Waals surface area contributed by atoms with Crippen molar-refractivity contribution < 1.29 is 24.9 Å². The van der Waals surface area contributed by atoms with Gasteiger partial charge in [-0.25, -0.2) is 4.79 Å². The van der Waals surface area contributed by atoms with E-state index in [2.05, 4.69) is 4.74 Å². The van der Waals surface area contributed by atoms with E-state index in [-0.39, 0.29) is 17.3 Å². The van der Waals surface area contributed by atoms with E-state index in [1.165, 1.54) is 31.4 Å². The van der Waals surface area contributed by atoms with Crippen molar-refractivity contribution in [1.82, 2.24) is 0 Å². The fourth-order valence-electron chi connectivity index (χ4n) is 0.990. The number of hydrogen-bond donors (Lipinski definition) is 3. The van der Waals surface area contributed by atoms with Crippen LogP contribution in [0, 0.1) is 0 Å². The van der Waals surface area contributed by atoms with Crippen LogP contribution in [-0.4, -0.2) is 28.4 Å². The Morgan fingerprint density at radius 2 is 2.00 bits per heavy atom. The normalized spacial score (nSPS) is 11.1. The number of methoxy groups -OCH3 is 1. The highest BCUT2D eigenvalue weighted by molar-refractivity contribution is 5.89. The number of hydrogen-bond acceptors (Lipinski definition) is 4. The van der Waals surface area contributed by atoms with Gasteiger partial charge in [-0.1, -0.05) is 6.07 Å². The minimum atomic E-state index is -1.20. The van der Waals surface area contributed by atoms with Crippen molar-refractivity contribution in [2.75, 3.05) is 7.11 Å². The fourth-order valence-corrected chi connectivity index (χ4v) is 0.990. The van der Waals surface area contributed by atoms with Gasteiger partial charge in [0.2, 0.25) is 5.76 Å². The monoisotopic (exact) mass is 210 g/mol. The third-order valence-electron chi connectivity index (χ3n) is 1.73. The Kier molecular flexibility index (Phi) is 3.17. The Morgan fingerprint density at radius 3 is 2.47 bits per heavy atom. The standard InChI is InChI=1S/C10H10O5/c1-15-9(10(13)14)5-6-2-3-7(11)8(12)4-6/h2-5,11-12H,1H3,(H,13,14)/b9-5+. The second-order valence-electron chi connectivity index (χ2n) is 2.77. The van der Waals surface area contributed by atoms with Crippen LogP contribution in [-0.2, 0) is 9.53 Å². The summed E-state index contributed by atoms with van der Waals surface area (Å²) in [4.78, 5) is 10.6. The molecule has 1 aromatic rings. The van der Waals surface area contributed by atoms with Crippen LogP contribution >= 0.6 is 0 Å². The molecule has 0 amide bonds. The smallest absolute Gasteiger partial charge is 0.371 e. The van der Waals surface area contributed by atoms with E-state index in [9.17, 15) is 4.79 Å². The lowest BCUT2D eigenvalue weighted by atomic mass is 10.2. The molecule has 0 unspecified atom stereocenters.